The molecule has 6 heteroatoms. The van der Waals surface area contributed by atoms with E-state index in [1.165, 1.54) is 0 Å². The maximum Gasteiger partial charge on any atom is 0.160 e. The average Bonchev–Trinajstić information content (AvgIpc) is 3.12. The third-order valence-corrected chi connectivity index (χ3v) is 4.95. The molecule has 1 aromatic carbocycles. The van der Waals surface area contributed by atoms with Gasteiger partial charge in [-0.15, -0.1) is 10.2 Å². The quantitative estimate of drug-likeness (QED) is 0.738. The molecule has 1 aliphatic heterocycles. The SMILES string of the molecule is OC(COc1ccccc1)CN1CCC(c2nnc3ccccn23)CC1. The molecule has 26 heavy (non-hydrogen) atoms. The summed E-state index contributed by atoms with van der Waals surface area (Å²) in [7, 11) is 0. The highest BCUT2D eigenvalue weighted by molar-refractivity contribution is 5.37. The van der Waals surface area contributed by atoms with E-state index >= 15 is 0 Å². The Morgan fingerprint density at radius 2 is 1.81 bits per heavy atom. The van der Waals surface area contributed by atoms with Gasteiger partial charge in [-0.25, -0.2) is 0 Å². The van der Waals surface area contributed by atoms with Crippen molar-refractivity contribution < 1.29 is 9.84 Å². The van der Waals surface area contributed by atoms with Gasteiger partial charge < -0.3 is 14.7 Å². The number of pyridine rings is 1. The van der Waals surface area contributed by atoms with E-state index in [4.69, 9.17) is 4.74 Å². The topological polar surface area (TPSA) is 62.9 Å². The van der Waals surface area contributed by atoms with Crippen LogP contribution >= 0.6 is 0 Å². The summed E-state index contributed by atoms with van der Waals surface area (Å²) in [5, 5.41) is 18.9. The third-order valence-electron chi connectivity index (χ3n) is 4.95. The Bertz CT molecular complexity index is 828. The van der Waals surface area contributed by atoms with Gasteiger partial charge in [0.05, 0.1) is 0 Å². The van der Waals surface area contributed by atoms with Crippen molar-refractivity contribution in [3.63, 3.8) is 0 Å². The van der Waals surface area contributed by atoms with E-state index in [0.717, 1.165) is 43.2 Å². The van der Waals surface area contributed by atoms with E-state index in [2.05, 4.69) is 19.5 Å². The standard InChI is InChI=1S/C20H24N4O2/c25-17(15-26-18-6-2-1-3-7-18)14-23-12-9-16(10-13-23)20-22-21-19-8-4-5-11-24(19)20/h1-8,11,16-17,25H,9-10,12-15H2. The van der Waals surface area contributed by atoms with Crippen LogP contribution in [0.2, 0.25) is 0 Å². The first-order valence-corrected chi connectivity index (χ1v) is 9.17. The Kier molecular flexibility index (Phi) is 5.13. The molecule has 0 bridgehead atoms. The van der Waals surface area contributed by atoms with Crippen molar-refractivity contribution in [3.05, 3.63) is 60.6 Å². The molecule has 136 valence electrons. The number of fused-ring (bicyclic) bond motifs is 1. The number of likely N-dealkylation sites (tertiary alicyclic amines) is 1. The van der Waals surface area contributed by atoms with Crippen molar-refractivity contribution in [2.24, 2.45) is 0 Å². The van der Waals surface area contributed by atoms with E-state index in [0.29, 0.717) is 19.1 Å². The Morgan fingerprint density at radius 1 is 1.04 bits per heavy atom. The average molecular weight is 352 g/mol. The van der Waals surface area contributed by atoms with Crippen molar-refractivity contribution in [1.82, 2.24) is 19.5 Å². The number of para-hydroxylation sites is 1. The lowest BCUT2D eigenvalue weighted by Crippen LogP contribution is -2.40. The Labute approximate surface area is 153 Å². The maximum atomic E-state index is 10.3. The molecule has 6 nitrogen and oxygen atoms in total. The lowest BCUT2D eigenvalue weighted by atomic mass is 9.96. The zero-order valence-corrected chi connectivity index (χ0v) is 14.7. The number of aliphatic hydroxyl groups excluding tert-OH is 1. The Balaban J connectivity index is 1.27. The van der Waals surface area contributed by atoms with Gasteiger partial charge in [-0.3, -0.25) is 4.40 Å². The highest BCUT2D eigenvalue weighted by Crippen LogP contribution is 2.27. The second-order valence-corrected chi connectivity index (χ2v) is 6.84. The van der Waals surface area contributed by atoms with Crippen LogP contribution in [0.1, 0.15) is 24.6 Å². The number of benzene rings is 1. The van der Waals surface area contributed by atoms with E-state index in [1.807, 2.05) is 54.7 Å². The minimum Gasteiger partial charge on any atom is -0.491 e. The molecule has 1 aliphatic rings. The predicted octanol–water partition coefficient (Wildman–Crippen LogP) is 2.35. The van der Waals surface area contributed by atoms with Crippen LogP contribution < -0.4 is 4.74 Å². The fourth-order valence-corrected chi connectivity index (χ4v) is 3.57. The Morgan fingerprint density at radius 3 is 2.62 bits per heavy atom. The normalized spacial score (nSPS) is 17.4. The molecular weight excluding hydrogens is 328 g/mol. The number of hydrogen-bond donors (Lipinski definition) is 1. The first-order valence-electron chi connectivity index (χ1n) is 9.17. The molecule has 0 radical (unpaired) electrons. The summed E-state index contributed by atoms with van der Waals surface area (Å²) >= 11 is 0. The molecule has 4 rings (SSSR count). The van der Waals surface area contributed by atoms with Gasteiger partial charge >= 0.3 is 0 Å². The number of β-amino-alcohol motifs (C(OH)–C–C–N with tert-alkyl or cyclic N) is 1. The summed E-state index contributed by atoms with van der Waals surface area (Å²) in [4.78, 5) is 2.30. The minimum atomic E-state index is -0.485. The van der Waals surface area contributed by atoms with E-state index in [9.17, 15) is 5.11 Å². The van der Waals surface area contributed by atoms with Crippen LogP contribution in [-0.4, -0.2) is 56.9 Å². The fourth-order valence-electron chi connectivity index (χ4n) is 3.57. The van der Waals surface area contributed by atoms with Crippen molar-refractivity contribution in [1.29, 1.82) is 0 Å². The second-order valence-electron chi connectivity index (χ2n) is 6.84. The van der Waals surface area contributed by atoms with E-state index in [1.54, 1.807) is 0 Å². The van der Waals surface area contributed by atoms with Crippen LogP contribution in [0.3, 0.4) is 0 Å². The first-order chi connectivity index (χ1) is 12.8. The molecule has 1 N–H and O–H groups in total. The van der Waals surface area contributed by atoms with Gasteiger partial charge in [0.1, 0.15) is 24.3 Å². The Hall–Kier alpha value is -2.44. The lowest BCUT2D eigenvalue weighted by molar-refractivity contribution is 0.0590. The molecule has 1 unspecified atom stereocenters. The van der Waals surface area contributed by atoms with Gasteiger partial charge in [-0.2, -0.15) is 0 Å². The number of aromatic nitrogens is 3. The van der Waals surface area contributed by atoms with Gasteiger partial charge in [0.25, 0.3) is 0 Å². The zero-order chi connectivity index (χ0) is 17.8. The van der Waals surface area contributed by atoms with E-state index in [-0.39, 0.29) is 0 Å². The second kappa shape index (κ2) is 7.85. The first kappa shape index (κ1) is 17.0. The van der Waals surface area contributed by atoms with Gasteiger partial charge in [-0.1, -0.05) is 24.3 Å². The van der Waals surface area contributed by atoms with Gasteiger partial charge in [0.2, 0.25) is 0 Å². The van der Waals surface area contributed by atoms with Crippen LogP contribution in [0, 0.1) is 0 Å². The van der Waals surface area contributed by atoms with Crippen LogP contribution in [-0.2, 0) is 0 Å². The molecule has 0 amide bonds. The molecule has 0 saturated carbocycles. The summed E-state index contributed by atoms with van der Waals surface area (Å²) in [6.45, 7) is 2.86. The smallest absolute Gasteiger partial charge is 0.160 e. The number of aliphatic hydroxyl groups is 1. The maximum absolute atomic E-state index is 10.3. The van der Waals surface area contributed by atoms with Crippen LogP contribution in [0.4, 0.5) is 0 Å². The predicted molar refractivity (Wildman–Crippen MR) is 99.3 cm³/mol. The molecule has 3 heterocycles. The molecule has 1 saturated heterocycles. The van der Waals surface area contributed by atoms with Crippen LogP contribution in [0.25, 0.3) is 5.65 Å². The molecule has 2 aromatic heterocycles. The number of nitrogens with zero attached hydrogens (tertiary/aromatic N) is 4. The highest BCUT2D eigenvalue weighted by Gasteiger charge is 2.25. The summed E-state index contributed by atoms with van der Waals surface area (Å²) < 4.78 is 7.73. The zero-order valence-electron chi connectivity index (χ0n) is 14.7. The molecular formula is C20H24N4O2. The lowest BCUT2D eigenvalue weighted by Gasteiger charge is -2.32. The van der Waals surface area contributed by atoms with Crippen molar-refractivity contribution in [2.75, 3.05) is 26.2 Å². The van der Waals surface area contributed by atoms with Gasteiger partial charge in [0, 0.05) is 18.7 Å². The number of rotatable bonds is 6. The summed E-state index contributed by atoms with van der Waals surface area (Å²) in [5.41, 5.74) is 0.901. The number of ether oxygens (including phenoxy) is 1. The summed E-state index contributed by atoms with van der Waals surface area (Å²) in [5.74, 6) is 2.26. The summed E-state index contributed by atoms with van der Waals surface area (Å²) in [6, 6.07) is 15.6. The molecule has 0 aliphatic carbocycles. The monoisotopic (exact) mass is 352 g/mol. The molecule has 1 atom stereocenters. The minimum absolute atomic E-state index is 0.318. The highest BCUT2D eigenvalue weighted by atomic mass is 16.5. The van der Waals surface area contributed by atoms with E-state index < -0.39 is 6.10 Å². The molecule has 0 spiro atoms. The largest absolute Gasteiger partial charge is 0.491 e. The van der Waals surface area contributed by atoms with Gasteiger partial charge in [0.15, 0.2) is 5.65 Å². The number of piperidine rings is 1. The van der Waals surface area contributed by atoms with Crippen molar-refractivity contribution in [3.8, 4) is 5.75 Å². The van der Waals surface area contributed by atoms with Crippen molar-refractivity contribution >= 4 is 5.65 Å². The summed E-state index contributed by atoms with van der Waals surface area (Å²) in [6.07, 6.45) is 3.60. The number of hydrogen-bond acceptors (Lipinski definition) is 5. The molecule has 3 aromatic rings. The fraction of sp³-hybridized carbons (Fsp3) is 0.400. The third kappa shape index (κ3) is 3.86. The van der Waals surface area contributed by atoms with Crippen molar-refractivity contribution in [2.45, 2.75) is 24.9 Å². The van der Waals surface area contributed by atoms with Crippen LogP contribution in [0.5, 0.6) is 5.75 Å². The van der Waals surface area contributed by atoms with Crippen LogP contribution in [0.15, 0.2) is 54.7 Å². The molecule has 1 fully saturated rings. The van der Waals surface area contributed by atoms with Gasteiger partial charge in [-0.05, 0) is 50.2 Å².